The van der Waals surface area contributed by atoms with Crippen LogP contribution in [-0.2, 0) is 16.0 Å². The van der Waals surface area contributed by atoms with E-state index < -0.39 is 6.10 Å². The van der Waals surface area contributed by atoms with Crippen LogP contribution in [0.25, 0.3) is 0 Å². The van der Waals surface area contributed by atoms with E-state index in [-0.39, 0.29) is 24.4 Å². The van der Waals surface area contributed by atoms with Gasteiger partial charge in [0.2, 0.25) is 5.91 Å². The molecule has 0 radical (unpaired) electrons. The number of primary amides is 1. The molecule has 1 fully saturated rings. The summed E-state index contributed by atoms with van der Waals surface area (Å²) in [6.07, 6.45) is 1.67. The Labute approximate surface area is 139 Å². The van der Waals surface area contributed by atoms with Gasteiger partial charge in [-0.15, -0.1) is 0 Å². The maximum Gasteiger partial charge on any atom is 0.261 e. The number of nitrogens with two attached hydrogens (primary N) is 1. The van der Waals surface area contributed by atoms with Crippen molar-refractivity contribution in [2.45, 2.75) is 31.4 Å². The number of piperidine rings is 1. The molecule has 2 aliphatic rings. The maximum atomic E-state index is 12.4. The molecule has 23 heavy (non-hydrogen) atoms. The van der Waals surface area contributed by atoms with Crippen molar-refractivity contribution in [3.05, 3.63) is 28.8 Å². The first kappa shape index (κ1) is 16.1. The van der Waals surface area contributed by atoms with Crippen LogP contribution in [0.5, 0.6) is 5.75 Å². The third kappa shape index (κ3) is 3.95. The molecule has 1 aromatic rings. The van der Waals surface area contributed by atoms with Gasteiger partial charge in [0.15, 0.2) is 6.10 Å². The number of hydrogen-bond donors (Lipinski definition) is 2. The zero-order chi connectivity index (χ0) is 16.4. The van der Waals surface area contributed by atoms with Gasteiger partial charge in [0.1, 0.15) is 5.75 Å². The Morgan fingerprint density at radius 3 is 2.78 bits per heavy atom. The van der Waals surface area contributed by atoms with Crippen molar-refractivity contribution >= 4 is 23.4 Å². The van der Waals surface area contributed by atoms with Crippen LogP contribution < -0.4 is 15.8 Å². The van der Waals surface area contributed by atoms with Crippen LogP contribution in [0.2, 0.25) is 5.02 Å². The lowest BCUT2D eigenvalue weighted by Crippen LogP contribution is -2.49. The number of rotatable bonds is 4. The van der Waals surface area contributed by atoms with Crippen molar-refractivity contribution in [3.63, 3.8) is 0 Å². The molecule has 3 N–H and O–H groups in total. The highest BCUT2D eigenvalue weighted by molar-refractivity contribution is 6.30. The third-order valence-electron chi connectivity index (χ3n) is 4.30. The van der Waals surface area contributed by atoms with Gasteiger partial charge in [0, 0.05) is 30.6 Å². The fraction of sp³-hybridized carbons (Fsp3) is 0.500. The van der Waals surface area contributed by atoms with Crippen molar-refractivity contribution in [1.82, 2.24) is 10.2 Å². The number of halogens is 1. The Morgan fingerprint density at radius 1 is 1.35 bits per heavy atom. The highest BCUT2D eigenvalue weighted by Crippen LogP contribution is 2.31. The Bertz CT molecular complexity index is 615. The lowest BCUT2D eigenvalue weighted by atomic mass is 10.0. The molecule has 3 rings (SSSR count). The Kier molecular flexibility index (Phi) is 4.73. The van der Waals surface area contributed by atoms with Crippen LogP contribution in [-0.4, -0.2) is 48.5 Å². The number of nitrogens with one attached hydrogen (secondary N) is 1. The zero-order valence-corrected chi connectivity index (χ0v) is 13.5. The molecule has 0 aromatic heterocycles. The van der Waals surface area contributed by atoms with Crippen LogP contribution >= 0.6 is 11.6 Å². The van der Waals surface area contributed by atoms with Gasteiger partial charge in [-0.3, -0.25) is 14.5 Å². The summed E-state index contributed by atoms with van der Waals surface area (Å²) in [5.41, 5.74) is 6.16. The third-order valence-corrected chi connectivity index (χ3v) is 4.54. The fourth-order valence-electron chi connectivity index (χ4n) is 3.11. The molecule has 7 heteroatoms. The van der Waals surface area contributed by atoms with Gasteiger partial charge in [-0.25, -0.2) is 0 Å². The molecular weight excluding hydrogens is 318 g/mol. The molecule has 6 nitrogen and oxygen atoms in total. The first-order valence-electron chi connectivity index (χ1n) is 7.77. The van der Waals surface area contributed by atoms with Crippen molar-refractivity contribution < 1.29 is 14.3 Å². The number of carbonyl (C=O) groups is 2. The number of fused-ring (bicyclic) bond motifs is 1. The number of amides is 2. The molecule has 2 aliphatic heterocycles. The summed E-state index contributed by atoms with van der Waals surface area (Å²) in [6.45, 7) is 1.80. The van der Waals surface area contributed by atoms with Crippen molar-refractivity contribution in [3.8, 4) is 5.75 Å². The van der Waals surface area contributed by atoms with E-state index in [1.165, 1.54) is 0 Å². The first-order chi connectivity index (χ1) is 11.0. The number of likely N-dealkylation sites (tertiary alicyclic amines) is 1. The van der Waals surface area contributed by atoms with Gasteiger partial charge in [0.05, 0.1) is 6.54 Å². The smallest absolute Gasteiger partial charge is 0.261 e. The van der Waals surface area contributed by atoms with E-state index in [9.17, 15) is 9.59 Å². The zero-order valence-electron chi connectivity index (χ0n) is 12.8. The molecule has 0 spiro atoms. The highest BCUT2D eigenvalue weighted by atomic mass is 35.5. The van der Waals surface area contributed by atoms with E-state index in [0.717, 1.165) is 37.2 Å². The van der Waals surface area contributed by atoms with E-state index >= 15 is 0 Å². The molecule has 0 unspecified atom stereocenters. The second-order valence-electron chi connectivity index (χ2n) is 6.09. The molecule has 2 heterocycles. The highest BCUT2D eigenvalue weighted by Gasteiger charge is 2.31. The van der Waals surface area contributed by atoms with E-state index in [2.05, 4.69) is 5.32 Å². The average molecular weight is 338 g/mol. The Hall–Kier alpha value is -1.79. The molecule has 1 saturated heterocycles. The molecule has 0 saturated carbocycles. The van der Waals surface area contributed by atoms with Crippen LogP contribution in [0.1, 0.15) is 18.4 Å². The van der Waals surface area contributed by atoms with E-state index in [0.29, 0.717) is 11.4 Å². The molecular formula is C16H20ClN3O3. The normalized spacial score (nSPS) is 21.5. The molecule has 0 aliphatic carbocycles. The average Bonchev–Trinajstić information content (AvgIpc) is 2.92. The van der Waals surface area contributed by atoms with Crippen LogP contribution in [0.4, 0.5) is 0 Å². The number of benzene rings is 1. The monoisotopic (exact) mass is 337 g/mol. The second-order valence-corrected chi connectivity index (χ2v) is 6.52. The topological polar surface area (TPSA) is 84.7 Å². The molecule has 0 bridgehead atoms. The molecule has 124 valence electrons. The molecule has 2 amide bonds. The minimum absolute atomic E-state index is 0.0920. The van der Waals surface area contributed by atoms with Gasteiger partial charge in [-0.1, -0.05) is 11.6 Å². The number of ether oxygens (including phenoxy) is 1. The minimum Gasteiger partial charge on any atom is -0.480 e. The SMILES string of the molecule is NC(=O)CN1CCC(NC(=O)[C@H]2Cc3cc(Cl)ccc3O2)CC1. The molecule has 1 aromatic carbocycles. The molecule has 1 atom stereocenters. The second kappa shape index (κ2) is 6.76. The Morgan fingerprint density at radius 2 is 2.09 bits per heavy atom. The van der Waals surface area contributed by atoms with Gasteiger partial charge in [0.25, 0.3) is 5.91 Å². The largest absolute Gasteiger partial charge is 0.480 e. The number of nitrogens with zero attached hydrogens (tertiary/aromatic N) is 1. The number of hydrogen-bond acceptors (Lipinski definition) is 4. The summed E-state index contributed by atoms with van der Waals surface area (Å²) >= 11 is 5.96. The van der Waals surface area contributed by atoms with Gasteiger partial charge >= 0.3 is 0 Å². The summed E-state index contributed by atoms with van der Waals surface area (Å²) in [5, 5.41) is 3.69. The van der Waals surface area contributed by atoms with Crippen LogP contribution in [0, 0.1) is 0 Å². The Balaban J connectivity index is 1.49. The minimum atomic E-state index is -0.493. The van der Waals surface area contributed by atoms with Crippen LogP contribution in [0.15, 0.2) is 18.2 Å². The van der Waals surface area contributed by atoms with E-state index in [1.54, 1.807) is 12.1 Å². The maximum absolute atomic E-state index is 12.4. The van der Waals surface area contributed by atoms with Gasteiger partial charge in [-0.05, 0) is 36.6 Å². The number of carbonyl (C=O) groups excluding carboxylic acids is 2. The summed E-state index contributed by atoms with van der Waals surface area (Å²) in [4.78, 5) is 25.3. The standard InChI is InChI=1S/C16H20ClN3O3/c17-11-1-2-13-10(7-11)8-14(23-13)16(22)19-12-3-5-20(6-4-12)9-15(18)21/h1-2,7,12,14H,3-6,8-9H2,(H2,18,21)(H,19,22)/t14-/m1/s1. The van der Waals surface area contributed by atoms with E-state index in [1.807, 2.05) is 11.0 Å². The first-order valence-corrected chi connectivity index (χ1v) is 8.15. The summed E-state index contributed by atoms with van der Waals surface area (Å²) < 4.78 is 5.70. The predicted molar refractivity (Wildman–Crippen MR) is 86.4 cm³/mol. The summed E-state index contributed by atoms with van der Waals surface area (Å²) in [7, 11) is 0. The fourth-order valence-corrected chi connectivity index (χ4v) is 3.31. The van der Waals surface area contributed by atoms with Crippen LogP contribution in [0.3, 0.4) is 0 Å². The quantitative estimate of drug-likeness (QED) is 0.847. The lowest BCUT2D eigenvalue weighted by Gasteiger charge is -2.31. The summed E-state index contributed by atoms with van der Waals surface area (Å²) in [5.74, 6) is 0.319. The summed E-state index contributed by atoms with van der Waals surface area (Å²) in [6, 6.07) is 5.51. The van der Waals surface area contributed by atoms with E-state index in [4.69, 9.17) is 22.1 Å². The lowest BCUT2D eigenvalue weighted by molar-refractivity contribution is -0.128. The van der Waals surface area contributed by atoms with Gasteiger partial charge in [-0.2, -0.15) is 0 Å². The van der Waals surface area contributed by atoms with Crippen molar-refractivity contribution in [2.75, 3.05) is 19.6 Å². The van der Waals surface area contributed by atoms with Crippen molar-refractivity contribution in [1.29, 1.82) is 0 Å². The van der Waals surface area contributed by atoms with Gasteiger partial charge < -0.3 is 15.8 Å². The van der Waals surface area contributed by atoms with Crippen molar-refractivity contribution in [2.24, 2.45) is 5.73 Å². The predicted octanol–water partition coefficient (Wildman–Crippen LogP) is 0.709.